The summed E-state index contributed by atoms with van der Waals surface area (Å²) in [6, 6.07) is 19.6. The Kier molecular flexibility index (Phi) is 7.17. The number of fused-ring (bicyclic) bond motifs is 1. The second-order valence-electron chi connectivity index (χ2n) is 10.1. The number of aliphatic hydroxyl groups excluding tert-OH is 1. The third-order valence-corrected chi connectivity index (χ3v) is 6.69. The van der Waals surface area contributed by atoms with E-state index in [1.807, 2.05) is 39.0 Å². The Balaban J connectivity index is 1.56. The zero-order valence-corrected chi connectivity index (χ0v) is 22.6. The van der Waals surface area contributed by atoms with Crippen LogP contribution in [0, 0.1) is 12.8 Å². The third kappa shape index (κ3) is 4.84. The Morgan fingerprint density at radius 2 is 1.75 bits per heavy atom. The van der Waals surface area contributed by atoms with Gasteiger partial charge in [-0.3, -0.25) is 14.5 Å². The van der Waals surface area contributed by atoms with E-state index < -0.39 is 29.5 Å². The smallest absolute Gasteiger partial charge is 0.338 e. The monoisotopic (exact) mass is 539 g/mol. The number of furan rings is 1. The summed E-state index contributed by atoms with van der Waals surface area (Å²) in [6.45, 7) is 6.08. The maximum absolute atomic E-state index is 13.9. The van der Waals surface area contributed by atoms with E-state index in [2.05, 4.69) is 0 Å². The van der Waals surface area contributed by atoms with Crippen molar-refractivity contribution in [3.8, 4) is 5.75 Å². The molecular weight excluding hydrogens is 510 g/mol. The first-order valence-electron chi connectivity index (χ1n) is 12.9. The molecule has 0 saturated heterocycles. The van der Waals surface area contributed by atoms with Crippen molar-refractivity contribution in [1.82, 2.24) is 0 Å². The van der Waals surface area contributed by atoms with Crippen molar-refractivity contribution >= 4 is 34.3 Å². The molecule has 0 aliphatic carbocycles. The summed E-state index contributed by atoms with van der Waals surface area (Å²) in [4.78, 5) is 41.2. The van der Waals surface area contributed by atoms with Gasteiger partial charge in [-0.25, -0.2) is 4.79 Å². The first-order valence-corrected chi connectivity index (χ1v) is 12.9. The molecule has 204 valence electrons. The van der Waals surface area contributed by atoms with Crippen molar-refractivity contribution < 1.29 is 33.4 Å². The zero-order valence-electron chi connectivity index (χ0n) is 22.6. The lowest BCUT2D eigenvalue weighted by Gasteiger charge is -2.27. The van der Waals surface area contributed by atoms with Crippen LogP contribution in [-0.4, -0.2) is 36.5 Å². The lowest BCUT2D eigenvalue weighted by molar-refractivity contribution is -0.117. The molecule has 1 N–H and O–H groups in total. The number of ketones is 1. The van der Waals surface area contributed by atoms with Gasteiger partial charge in [0.05, 0.1) is 30.9 Å². The van der Waals surface area contributed by atoms with Crippen LogP contribution in [0.1, 0.15) is 51.9 Å². The molecule has 2 heterocycles. The third-order valence-electron chi connectivity index (χ3n) is 6.69. The average molecular weight is 540 g/mol. The summed E-state index contributed by atoms with van der Waals surface area (Å²) in [5.41, 5.74) is 2.57. The van der Waals surface area contributed by atoms with E-state index in [4.69, 9.17) is 13.9 Å². The molecule has 4 aromatic rings. The van der Waals surface area contributed by atoms with E-state index in [1.165, 1.54) is 12.0 Å². The molecule has 1 atom stereocenters. The van der Waals surface area contributed by atoms with Gasteiger partial charge in [0.2, 0.25) is 5.78 Å². The number of hydrogen-bond donors (Lipinski definition) is 1. The molecular formula is C32H29NO7. The number of anilines is 1. The van der Waals surface area contributed by atoms with Crippen LogP contribution in [0.4, 0.5) is 5.69 Å². The maximum atomic E-state index is 13.9. The number of rotatable bonds is 8. The summed E-state index contributed by atoms with van der Waals surface area (Å²) in [7, 11) is 1.50. The van der Waals surface area contributed by atoms with Gasteiger partial charge >= 0.3 is 5.97 Å². The molecule has 0 fully saturated rings. The number of carbonyl (C=O) groups is 3. The lowest BCUT2D eigenvalue weighted by Crippen LogP contribution is -2.31. The Hall–Kier alpha value is -4.85. The largest absolute Gasteiger partial charge is 0.503 e. The predicted octanol–water partition coefficient (Wildman–Crippen LogP) is 6.35. The van der Waals surface area contributed by atoms with Crippen LogP contribution in [-0.2, 0) is 9.53 Å². The zero-order chi connectivity index (χ0) is 28.6. The number of hydrogen-bond acceptors (Lipinski definition) is 7. The van der Waals surface area contributed by atoms with Gasteiger partial charge in [-0.05, 0) is 54.8 Å². The van der Waals surface area contributed by atoms with Crippen molar-refractivity contribution in [2.75, 3.05) is 18.6 Å². The van der Waals surface area contributed by atoms with E-state index in [0.29, 0.717) is 33.5 Å². The normalized spacial score (nSPS) is 15.3. The molecule has 8 nitrogen and oxygen atoms in total. The second kappa shape index (κ2) is 10.7. The standard InChI is InChI=1S/C32H29NO7/c1-18(2)17-39-32(37)20-11-13-23(14-12-20)33-27(21-8-5-7-19(3)15-21)26(29(35)31(33)36)28(34)25-16-22-9-6-10-24(38-4)30(22)40-25/h5-16,18,27,35H,17H2,1-4H3. The molecule has 0 saturated carbocycles. The first kappa shape index (κ1) is 26.7. The number of para-hydroxylation sites is 1. The van der Waals surface area contributed by atoms with Crippen LogP contribution < -0.4 is 9.64 Å². The van der Waals surface area contributed by atoms with Crippen molar-refractivity contribution in [2.45, 2.75) is 26.8 Å². The number of amides is 1. The van der Waals surface area contributed by atoms with Gasteiger partial charge in [0.25, 0.3) is 5.91 Å². The van der Waals surface area contributed by atoms with Gasteiger partial charge in [0.15, 0.2) is 22.9 Å². The van der Waals surface area contributed by atoms with Gasteiger partial charge in [-0.15, -0.1) is 0 Å². The van der Waals surface area contributed by atoms with E-state index in [0.717, 1.165) is 5.56 Å². The van der Waals surface area contributed by atoms with Crippen molar-refractivity contribution in [3.05, 3.63) is 107 Å². The molecule has 1 amide bonds. The van der Waals surface area contributed by atoms with Crippen molar-refractivity contribution in [1.29, 1.82) is 0 Å². The molecule has 5 rings (SSSR count). The first-order chi connectivity index (χ1) is 19.2. The fraction of sp³-hybridized carbons (Fsp3) is 0.219. The number of methoxy groups -OCH3 is 1. The highest BCUT2D eigenvalue weighted by molar-refractivity contribution is 6.20. The van der Waals surface area contributed by atoms with E-state index in [-0.39, 0.29) is 23.9 Å². The molecule has 1 aromatic heterocycles. The highest BCUT2D eigenvalue weighted by Gasteiger charge is 2.45. The molecule has 40 heavy (non-hydrogen) atoms. The van der Waals surface area contributed by atoms with E-state index in [1.54, 1.807) is 54.6 Å². The second-order valence-corrected chi connectivity index (χ2v) is 10.1. The van der Waals surface area contributed by atoms with Crippen molar-refractivity contribution in [2.24, 2.45) is 5.92 Å². The predicted molar refractivity (Wildman–Crippen MR) is 150 cm³/mol. The molecule has 3 aromatic carbocycles. The molecule has 1 aliphatic rings. The average Bonchev–Trinajstić information content (AvgIpc) is 3.50. The van der Waals surface area contributed by atoms with Gasteiger partial charge in [-0.1, -0.05) is 55.8 Å². The quantitative estimate of drug-likeness (QED) is 0.206. The van der Waals surface area contributed by atoms with Crippen LogP contribution >= 0.6 is 0 Å². The van der Waals surface area contributed by atoms with Gasteiger partial charge in [0.1, 0.15) is 0 Å². The summed E-state index contributed by atoms with van der Waals surface area (Å²) in [6.07, 6.45) is 0. The molecule has 8 heteroatoms. The molecule has 0 spiro atoms. The molecule has 1 unspecified atom stereocenters. The van der Waals surface area contributed by atoms with Crippen molar-refractivity contribution in [3.63, 3.8) is 0 Å². The minimum Gasteiger partial charge on any atom is -0.503 e. The van der Waals surface area contributed by atoms with Crippen LogP contribution in [0.15, 0.2) is 88.5 Å². The summed E-state index contributed by atoms with van der Waals surface area (Å²) >= 11 is 0. The Morgan fingerprint density at radius 3 is 2.42 bits per heavy atom. The minimum atomic E-state index is -0.936. The van der Waals surface area contributed by atoms with Crippen LogP contribution in [0.5, 0.6) is 5.75 Å². The topological polar surface area (TPSA) is 106 Å². The van der Waals surface area contributed by atoms with Gasteiger partial charge < -0.3 is 19.0 Å². The summed E-state index contributed by atoms with van der Waals surface area (Å²) < 4.78 is 16.5. The van der Waals surface area contributed by atoms with Gasteiger partial charge in [0, 0.05) is 11.1 Å². The number of carbonyl (C=O) groups excluding carboxylic acids is 3. The number of aryl methyl sites for hydroxylation is 1. The fourth-order valence-electron chi connectivity index (χ4n) is 4.78. The number of aliphatic hydroxyl groups is 1. The number of benzene rings is 3. The lowest BCUT2D eigenvalue weighted by atomic mass is 9.93. The molecule has 0 bridgehead atoms. The Morgan fingerprint density at radius 1 is 1.02 bits per heavy atom. The SMILES string of the molecule is COc1cccc2cc(C(=O)C3=C(O)C(=O)N(c4ccc(C(=O)OCC(C)C)cc4)C3c3cccc(C)c3)oc12. The van der Waals surface area contributed by atoms with Gasteiger partial charge in [-0.2, -0.15) is 0 Å². The van der Waals surface area contributed by atoms with Crippen LogP contribution in [0.2, 0.25) is 0 Å². The van der Waals surface area contributed by atoms with Crippen LogP contribution in [0.25, 0.3) is 11.0 Å². The Labute approximate surface area is 231 Å². The number of Topliss-reactive ketones (excluding diaryl/α,β-unsaturated/α-hetero) is 1. The highest BCUT2D eigenvalue weighted by Crippen LogP contribution is 2.43. The summed E-state index contributed by atoms with van der Waals surface area (Å²) in [5, 5.41) is 11.7. The number of nitrogens with zero attached hydrogens (tertiary/aromatic N) is 1. The molecule has 1 aliphatic heterocycles. The fourth-order valence-corrected chi connectivity index (χ4v) is 4.78. The number of ether oxygens (including phenoxy) is 2. The van der Waals surface area contributed by atoms with E-state index >= 15 is 0 Å². The molecule has 0 radical (unpaired) electrons. The number of esters is 1. The minimum absolute atomic E-state index is 0.0309. The van der Waals surface area contributed by atoms with E-state index in [9.17, 15) is 19.5 Å². The maximum Gasteiger partial charge on any atom is 0.338 e. The summed E-state index contributed by atoms with van der Waals surface area (Å²) in [5.74, 6) is -1.87. The Bertz CT molecular complexity index is 1650. The van der Waals surface area contributed by atoms with Crippen LogP contribution in [0.3, 0.4) is 0 Å². The highest BCUT2D eigenvalue weighted by atomic mass is 16.5.